The molecule has 1 aromatic carbocycles. The van der Waals surface area contributed by atoms with E-state index in [1.165, 1.54) is 0 Å². The van der Waals surface area contributed by atoms with Crippen molar-refractivity contribution < 1.29 is 14.1 Å². The number of carbonyl (C=O) groups excluding carboxylic acids is 2. The van der Waals surface area contributed by atoms with Crippen LogP contribution in [0.25, 0.3) is 11.4 Å². The van der Waals surface area contributed by atoms with Crippen LogP contribution in [0.4, 0.5) is 5.69 Å². The van der Waals surface area contributed by atoms with Crippen LogP contribution in [0.15, 0.2) is 53.3 Å². The van der Waals surface area contributed by atoms with Crippen LogP contribution < -0.4 is 10.6 Å². The fourth-order valence-corrected chi connectivity index (χ4v) is 2.53. The fraction of sp³-hybridized carbons (Fsp3) is 0.250. The zero-order valence-corrected chi connectivity index (χ0v) is 15.7. The molecule has 28 heavy (non-hydrogen) atoms. The Morgan fingerprint density at radius 2 is 1.96 bits per heavy atom. The molecule has 3 rings (SSSR count). The van der Waals surface area contributed by atoms with Gasteiger partial charge in [-0.05, 0) is 38.1 Å². The maximum Gasteiger partial charge on any atom is 0.253 e. The molecule has 0 bridgehead atoms. The first kappa shape index (κ1) is 19.2. The van der Waals surface area contributed by atoms with Gasteiger partial charge in [0.15, 0.2) is 0 Å². The highest BCUT2D eigenvalue weighted by molar-refractivity contribution is 6.03. The molecule has 0 atom stereocenters. The van der Waals surface area contributed by atoms with E-state index in [-0.39, 0.29) is 24.3 Å². The predicted octanol–water partition coefficient (Wildman–Crippen LogP) is 2.84. The molecule has 0 aliphatic rings. The van der Waals surface area contributed by atoms with Gasteiger partial charge < -0.3 is 15.2 Å². The lowest BCUT2D eigenvalue weighted by molar-refractivity contribution is -0.116. The van der Waals surface area contributed by atoms with Crippen molar-refractivity contribution in [2.24, 2.45) is 0 Å². The van der Waals surface area contributed by atoms with E-state index in [2.05, 4.69) is 25.8 Å². The molecule has 0 spiro atoms. The van der Waals surface area contributed by atoms with Gasteiger partial charge in [0.25, 0.3) is 5.91 Å². The highest BCUT2D eigenvalue weighted by Crippen LogP contribution is 2.17. The topological polar surface area (TPSA) is 110 Å². The summed E-state index contributed by atoms with van der Waals surface area (Å²) in [7, 11) is 0. The minimum absolute atomic E-state index is 0.00259. The second kappa shape index (κ2) is 8.90. The molecule has 0 aliphatic heterocycles. The third kappa shape index (κ3) is 5.00. The average Bonchev–Trinajstić information content (AvgIpc) is 3.16. The lowest BCUT2D eigenvalue weighted by Gasteiger charge is -2.12. The summed E-state index contributed by atoms with van der Waals surface area (Å²) in [6.07, 6.45) is 3.74. The van der Waals surface area contributed by atoms with Crippen molar-refractivity contribution in [1.29, 1.82) is 0 Å². The summed E-state index contributed by atoms with van der Waals surface area (Å²) in [6, 6.07) is 10.5. The second-order valence-electron chi connectivity index (χ2n) is 6.48. The molecule has 8 heteroatoms. The highest BCUT2D eigenvalue weighted by atomic mass is 16.5. The van der Waals surface area contributed by atoms with Crippen molar-refractivity contribution in [2.45, 2.75) is 32.7 Å². The number of benzene rings is 1. The number of rotatable bonds is 7. The normalized spacial score (nSPS) is 10.7. The van der Waals surface area contributed by atoms with E-state index in [4.69, 9.17) is 4.52 Å². The standard InChI is InChI=1S/C20H21N5O3/c1-13(2)22-20(27)15-7-3-4-8-16(15)23-17(26)9-10-18-24-19(25-28-18)14-6-5-11-21-12-14/h3-8,11-13H,9-10H2,1-2H3,(H,22,27)(H,23,26). The van der Waals surface area contributed by atoms with E-state index >= 15 is 0 Å². The Kier molecular flexibility index (Phi) is 6.11. The smallest absolute Gasteiger partial charge is 0.253 e. The number of nitrogens with one attached hydrogen (secondary N) is 2. The Labute approximate surface area is 162 Å². The first-order chi connectivity index (χ1) is 13.5. The summed E-state index contributed by atoms with van der Waals surface area (Å²) in [5, 5.41) is 9.50. The Balaban J connectivity index is 1.60. The third-order valence-electron chi connectivity index (χ3n) is 3.82. The van der Waals surface area contributed by atoms with Gasteiger partial charge in [0.05, 0.1) is 11.3 Å². The van der Waals surface area contributed by atoms with E-state index in [1.54, 1.807) is 42.7 Å². The van der Waals surface area contributed by atoms with Crippen molar-refractivity contribution in [3.05, 3.63) is 60.2 Å². The van der Waals surface area contributed by atoms with Gasteiger partial charge in [0, 0.05) is 36.8 Å². The van der Waals surface area contributed by atoms with Gasteiger partial charge in [0.2, 0.25) is 17.6 Å². The average molecular weight is 379 g/mol. The number of anilines is 1. The fourth-order valence-electron chi connectivity index (χ4n) is 2.53. The first-order valence-corrected chi connectivity index (χ1v) is 8.95. The number of pyridine rings is 1. The number of hydrogen-bond donors (Lipinski definition) is 2. The minimum Gasteiger partial charge on any atom is -0.350 e. The Morgan fingerprint density at radius 3 is 2.71 bits per heavy atom. The van der Waals surface area contributed by atoms with Crippen LogP contribution in [0, 0.1) is 0 Å². The van der Waals surface area contributed by atoms with Crippen LogP contribution in [-0.4, -0.2) is 33.0 Å². The molecule has 0 unspecified atom stereocenters. The molecule has 0 radical (unpaired) electrons. The number of amides is 2. The molecule has 0 saturated carbocycles. The van der Waals surface area contributed by atoms with Crippen LogP contribution in [0.2, 0.25) is 0 Å². The predicted molar refractivity (Wildman–Crippen MR) is 104 cm³/mol. The van der Waals surface area contributed by atoms with Gasteiger partial charge in [-0.1, -0.05) is 17.3 Å². The molecule has 2 amide bonds. The van der Waals surface area contributed by atoms with Gasteiger partial charge in [-0.2, -0.15) is 4.98 Å². The number of carbonyl (C=O) groups is 2. The van der Waals surface area contributed by atoms with Crippen LogP contribution in [0.5, 0.6) is 0 Å². The molecule has 2 aromatic heterocycles. The maximum atomic E-state index is 12.3. The quantitative estimate of drug-likeness (QED) is 0.653. The molecule has 3 aromatic rings. The molecule has 0 aliphatic carbocycles. The van der Waals surface area contributed by atoms with Crippen molar-refractivity contribution in [3.8, 4) is 11.4 Å². The van der Waals surface area contributed by atoms with Gasteiger partial charge in [-0.3, -0.25) is 14.6 Å². The lowest BCUT2D eigenvalue weighted by Crippen LogP contribution is -2.31. The van der Waals surface area contributed by atoms with Gasteiger partial charge in [-0.15, -0.1) is 0 Å². The number of aromatic nitrogens is 3. The van der Waals surface area contributed by atoms with Gasteiger partial charge in [0.1, 0.15) is 0 Å². The van der Waals surface area contributed by atoms with Crippen molar-refractivity contribution >= 4 is 17.5 Å². The van der Waals surface area contributed by atoms with Crippen molar-refractivity contribution in [3.63, 3.8) is 0 Å². The van der Waals surface area contributed by atoms with Crippen LogP contribution in [0.3, 0.4) is 0 Å². The van der Waals surface area contributed by atoms with E-state index in [9.17, 15) is 9.59 Å². The Morgan fingerprint density at radius 1 is 1.14 bits per heavy atom. The third-order valence-corrected chi connectivity index (χ3v) is 3.82. The molecule has 0 fully saturated rings. The lowest BCUT2D eigenvalue weighted by atomic mass is 10.1. The van der Waals surface area contributed by atoms with Crippen LogP contribution >= 0.6 is 0 Å². The molecule has 2 heterocycles. The molecular weight excluding hydrogens is 358 g/mol. The molecule has 144 valence electrons. The van der Waals surface area contributed by atoms with E-state index in [0.717, 1.165) is 5.56 Å². The van der Waals surface area contributed by atoms with Crippen LogP contribution in [-0.2, 0) is 11.2 Å². The summed E-state index contributed by atoms with van der Waals surface area (Å²) < 4.78 is 5.19. The Hall–Kier alpha value is -3.55. The number of aryl methyl sites for hydroxylation is 1. The summed E-state index contributed by atoms with van der Waals surface area (Å²) in [5.41, 5.74) is 1.63. The first-order valence-electron chi connectivity index (χ1n) is 8.95. The number of para-hydroxylation sites is 1. The summed E-state index contributed by atoms with van der Waals surface area (Å²) in [4.78, 5) is 32.9. The minimum atomic E-state index is -0.245. The van der Waals surface area contributed by atoms with E-state index in [1.807, 2.05) is 19.9 Å². The molecule has 2 N–H and O–H groups in total. The van der Waals surface area contributed by atoms with Gasteiger partial charge in [-0.25, -0.2) is 0 Å². The number of nitrogens with zero attached hydrogens (tertiary/aromatic N) is 3. The van der Waals surface area contributed by atoms with Crippen molar-refractivity contribution in [1.82, 2.24) is 20.4 Å². The molecule has 8 nitrogen and oxygen atoms in total. The zero-order chi connectivity index (χ0) is 19.9. The summed E-state index contributed by atoms with van der Waals surface area (Å²) in [5.74, 6) is 0.314. The monoisotopic (exact) mass is 379 g/mol. The summed E-state index contributed by atoms with van der Waals surface area (Å²) in [6.45, 7) is 3.76. The SMILES string of the molecule is CC(C)NC(=O)c1ccccc1NC(=O)CCc1nc(-c2cccnc2)no1. The largest absolute Gasteiger partial charge is 0.350 e. The van der Waals surface area contributed by atoms with Crippen molar-refractivity contribution in [2.75, 3.05) is 5.32 Å². The highest BCUT2D eigenvalue weighted by Gasteiger charge is 2.15. The van der Waals surface area contributed by atoms with E-state index < -0.39 is 0 Å². The summed E-state index contributed by atoms with van der Waals surface area (Å²) >= 11 is 0. The van der Waals surface area contributed by atoms with Crippen LogP contribution in [0.1, 0.15) is 36.5 Å². The maximum absolute atomic E-state index is 12.3. The molecule has 0 saturated heterocycles. The second-order valence-corrected chi connectivity index (χ2v) is 6.48. The zero-order valence-electron chi connectivity index (χ0n) is 15.7. The van der Waals surface area contributed by atoms with E-state index in [0.29, 0.717) is 29.4 Å². The molecular formula is C20H21N5O3. The van der Waals surface area contributed by atoms with Gasteiger partial charge >= 0.3 is 0 Å². The Bertz CT molecular complexity index is 953. The number of hydrogen-bond acceptors (Lipinski definition) is 6.